The summed E-state index contributed by atoms with van der Waals surface area (Å²) in [5, 5.41) is 14.4. The molecule has 0 aromatic carbocycles. The summed E-state index contributed by atoms with van der Waals surface area (Å²) in [6, 6.07) is 3.94. The lowest BCUT2D eigenvalue weighted by Crippen LogP contribution is -2.42. The topological polar surface area (TPSA) is 105 Å². The number of nitrogens with one attached hydrogen (secondary N) is 2. The molecule has 3 heterocycles. The van der Waals surface area contributed by atoms with Crippen LogP contribution in [0.5, 0.6) is 0 Å². The molecule has 1 aliphatic heterocycles. The van der Waals surface area contributed by atoms with Crippen molar-refractivity contribution in [3.8, 4) is 0 Å². The van der Waals surface area contributed by atoms with E-state index in [1.165, 1.54) is 0 Å². The van der Waals surface area contributed by atoms with Crippen LogP contribution in [-0.4, -0.2) is 51.9 Å². The molecule has 0 bridgehead atoms. The molecule has 0 atom stereocenters. The number of amides is 1. The zero-order chi connectivity index (χ0) is 17.5. The highest BCUT2D eigenvalue weighted by molar-refractivity contribution is 5.67. The number of ether oxygens (including phenoxy) is 1. The average Bonchev–Trinajstić information content (AvgIpc) is 3.15. The first-order chi connectivity index (χ1) is 12.2. The molecule has 9 nitrogen and oxygen atoms in total. The zero-order valence-corrected chi connectivity index (χ0v) is 14.1. The fourth-order valence-corrected chi connectivity index (χ4v) is 2.66. The summed E-state index contributed by atoms with van der Waals surface area (Å²) in [5.74, 6) is 1.89. The van der Waals surface area contributed by atoms with Crippen LogP contribution in [0.15, 0.2) is 29.0 Å². The summed E-state index contributed by atoms with van der Waals surface area (Å²) in [6.07, 6.45) is 4.64. The van der Waals surface area contributed by atoms with Gasteiger partial charge in [0.2, 0.25) is 5.95 Å². The van der Waals surface area contributed by atoms with E-state index in [1.54, 1.807) is 17.4 Å². The maximum absolute atomic E-state index is 11.7. The number of carbonyl (C=O) groups is 1. The molecule has 2 aromatic heterocycles. The predicted molar refractivity (Wildman–Crippen MR) is 91.1 cm³/mol. The van der Waals surface area contributed by atoms with Crippen molar-refractivity contribution < 1.29 is 13.9 Å². The Morgan fingerprint density at radius 1 is 1.44 bits per heavy atom. The van der Waals surface area contributed by atoms with Crippen molar-refractivity contribution in [3.05, 3.63) is 30.4 Å². The minimum atomic E-state index is -0.242. The molecule has 2 N–H and O–H groups in total. The molecule has 3 rings (SSSR count). The first kappa shape index (κ1) is 17.0. The normalized spacial score (nSPS) is 15.0. The second kappa shape index (κ2) is 8.32. The van der Waals surface area contributed by atoms with E-state index in [1.807, 2.05) is 19.1 Å². The number of hydrogen-bond donors (Lipinski definition) is 2. The van der Waals surface area contributed by atoms with Gasteiger partial charge in [0.05, 0.1) is 25.6 Å². The molecule has 0 unspecified atom stereocenters. The van der Waals surface area contributed by atoms with Crippen molar-refractivity contribution in [1.82, 2.24) is 20.1 Å². The van der Waals surface area contributed by atoms with Crippen LogP contribution in [0.3, 0.4) is 0 Å². The van der Waals surface area contributed by atoms with Gasteiger partial charge in [-0.2, -0.15) is 10.1 Å². The number of likely N-dealkylation sites (tertiary alicyclic amines) is 1. The third-order valence-electron chi connectivity index (χ3n) is 3.93. The quantitative estimate of drug-likeness (QED) is 0.819. The monoisotopic (exact) mass is 346 g/mol. The number of carbonyl (C=O) groups excluding carboxylic acids is 1. The molecule has 0 saturated carbocycles. The number of piperidine rings is 1. The summed E-state index contributed by atoms with van der Waals surface area (Å²) in [6.45, 7) is 4.04. The molecule has 0 spiro atoms. The van der Waals surface area contributed by atoms with E-state index in [0.717, 1.165) is 18.6 Å². The zero-order valence-electron chi connectivity index (χ0n) is 14.1. The summed E-state index contributed by atoms with van der Waals surface area (Å²) >= 11 is 0. The lowest BCUT2D eigenvalue weighted by atomic mass is 10.1. The molecule has 9 heteroatoms. The number of aromatic nitrogens is 3. The standard InChI is InChI=1S/C16H22N6O3/c1-2-24-16(23)22-7-5-12(6-8-22)19-14-11-18-21-15(20-14)17-10-13-4-3-9-25-13/h3-4,9,11-12H,2,5-8,10H2,1H3,(H2,17,19,20,21). The Labute approximate surface area is 145 Å². The number of anilines is 2. The fourth-order valence-electron chi connectivity index (χ4n) is 2.66. The van der Waals surface area contributed by atoms with Crippen molar-refractivity contribution in [2.75, 3.05) is 30.3 Å². The third kappa shape index (κ3) is 4.82. The van der Waals surface area contributed by atoms with Crippen molar-refractivity contribution in [3.63, 3.8) is 0 Å². The molecule has 2 aromatic rings. The Morgan fingerprint density at radius 2 is 2.28 bits per heavy atom. The van der Waals surface area contributed by atoms with E-state index in [-0.39, 0.29) is 12.1 Å². The maximum Gasteiger partial charge on any atom is 0.409 e. The molecule has 1 aliphatic rings. The SMILES string of the molecule is CCOC(=O)N1CCC(Nc2cnnc(NCc3ccco3)n2)CC1. The van der Waals surface area contributed by atoms with Crippen LogP contribution in [0, 0.1) is 0 Å². The van der Waals surface area contributed by atoms with Crippen molar-refractivity contribution in [2.45, 2.75) is 32.4 Å². The van der Waals surface area contributed by atoms with Gasteiger partial charge in [-0.25, -0.2) is 4.79 Å². The van der Waals surface area contributed by atoms with E-state index < -0.39 is 0 Å². The Kier molecular flexibility index (Phi) is 5.65. The lowest BCUT2D eigenvalue weighted by molar-refractivity contribution is 0.0983. The van der Waals surface area contributed by atoms with Crippen LogP contribution in [0.4, 0.5) is 16.6 Å². The van der Waals surface area contributed by atoms with E-state index in [9.17, 15) is 4.79 Å². The van der Waals surface area contributed by atoms with Gasteiger partial charge in [0, 0.05) is 19.1 Å². The van der Waals surface area contributed by atoms with Crippen molar-refractivity contribution >= 4 is 17.9 Å². The van der Waals surface area contributed by atoms with Gasteiger partial charge >= 0.3 is 6.09 Å². The Bertz CT molecular complexity index is 670. The Hall–Kier alpha value is -2.84. The second-order valence-electron chi connectivity index (χ2n) is 5.70. The molecule has 0 radical (unpaired) electrons. The molecular formula is C16H22N6O3. The second-order valence-corrected chi connectivity index (χ2v) is 5.70. The molecule has 1 amide bonds. The van der Waals surface area contributed by atoms with E-state index in [2.05, 4.69) is 25.8 Å². The van der Waals surface area contributed by atoms with Gasteiger partial charge in [0.1, 0.15) is 5.76 Å². The van der Waals surface area contributed by atoms with Crippen LogP contribution in [-0.2, 0) is 11.3 Å². The van der Waals surface area contributed by atoms with Gasteiger partial charge < -0.3 is 24.7 Å². The molecule has 1 fully saturated rings. The van der Waals surface area contributed by atoms with Gasteiger partial charge in [-0.3, -0.25) is 0 Å². The maximum atomic E-state index is 11.7. The third-order valence-corrected chi connectivity index (χ3v) is 3.93. The van der Waals surface area contributed by atoms with Crippen LogP contribution in [0.2, 0.25) is 0 Å². The van der Waals surface area contributed by atoms with Gasteiger partial charge in [-0.05, 0) is 31.9 Å². The van der Waals surface area contributed by atoms with Gasteiger partial charge in [-0.15, -0.1) is 5.10 Å². The molecule has 0 aliphatic carbocycles. The van der Waals surface area contributed by atoms with Crippen LogP contribution < -0.4 is 10.6 Å². The minimum Gasteiger partial charge on any atom is -0.467 e. The lowest BCUT2D eigenvalue weighted by Gasteiger charge is -2.31. The number of rotatable bonds is 6. The average molecular weight is 346 g/mol. The van der Waals surface area contributed by atoms with Gasteiger partial charge in [-0.1, -0.05) is 0 Å². The summed E-state index contributed by atoms with van der Waals surface area (Å²) < 4.78 is 10.3. The van der Waals surface area contributed by atoms with E-state index in [0.29, 0.717) is 38.0 Å². The van der Waals surface area contributed by atoms with E-state index >= 15 is 0 Å². The first-order valence-electron chi connectivity index (χ1n) is 8.39. The van der Waals surface area contributed by atoms with Crippen LogP contribution in [0.25, 0.3) is 0 Å². The largest absolute Gasteiger partial charge is 0.467 e. The van der Waals surface area contributed by atoms with Gasteiger partial charge in [0.25, 0.3) is 0 Å². The fraction of sp³-hybridized carbons (Fsp3) is 0.500. The summed E-state index contributed by atoms with van der Waals surface area (Å²) in [7, 11) is 0. The van der Waals surface area contributed by atoms with Crippen molar-refractivity contribution in [2.24, 2.45) is 0 Å². The first-order valence-corrected chi connectivity index (χ1v) is 8.39. The van der Waals surface area contributed by atoms with Gasteiger partial charge in [0.15, 0.2) is 5.82 Å². The Balaban J connectivity index is 1.48. The molecule has 25 heavy (non-hydrogen) atoms. The number of hydrogen-bond acceptors (Lipinski definition) is 8. The number of furan rings is 1. The minimum absolute atomic E-state index is 0.236. The highest BCUT2D eigenvalue weighted by atomic mass is 16.6. The predicted octanol–water partition coefficient (Wildman–Crippen LogP) is 2.11. The number of nitrogens with zero attached hydrogens (tertiary/aromatic N) is 4. The molecule has 134 valence electrons. The smallest absolute Gasteiger partial charge is 0.409 e. The highest BCUT2D eigenvalue weighted by Gasteiger charge is 2.23. The Morgan fingerprint density at radius 3 is 3.00 bits per heavy atom. The summed E-state index contributed by atoms with van der Waals surface area (Å²) in [4.78, 5) is 17.9. The summed E-state index contributed by atoms with van der Waals surface area (Å²) in [5.41, 5.74) is 0. The highest BCUT2D eigenvalue weighted by Crippen LogP contribution is 2.16. The van der Waals surface area contributed by atoms with Crippen LogP contribution >= 0.6 is 0 Å². The van der Waals surface area contributed by atoms with Crippen molar-refractivity contribution in [1.29, 1.82) is 0 Å². The van der Waals surface area contributed by atoms with E-state index in [4.69, 9.17) is 9.15 Å². The molecule has 1 saturated heterocycles. The van der Waals surface area contributed by atoms with Crippen LogP contribution in [0.1, 0.15) is 25.5 Å². The molecular weight excluding hydrogens is 324 g/mol.